The van der Waals surface area contributed by atoms with Crippen LogP contribution in [0, 0.1) is 13.8 Å². The Bertz CT molecular complexity index is 1090. The second-order valence-corrected chi connectivity index (χ2v) is 12.7. The third-order valence-corrected chi connectivity index (χ3v) is 6.82. The zero-order valence-electron chi connectivity index (χ0n) is 22.1. The summed E-state index contributed by atoms with van der Waals surface area (Å²) in [5.74, 6) is 1.75. The van der Waals surface area contributed by atoms with Crippen molar-refractivity contribution < 1.29 is 7.58 Å². The van der Waals surface area contributed by atoms with E-state index in [1.165, 1.54) is 11.1 Å². The highest BCUT2D eigenvalue weighted by Gasteiger charge is 2.22. The molecule has 0 saturated heterocycles. The summed E-state index contributed by atoms with van der Waals surface area (Å²) in [6.45, 7) is 22.4. The Morgan fingerprint density at radius 3 is 1.67 bits per heavy atom. The fraction of sp³-hybridized carbons (Fsp3) is 0.500. The van der Waals surface area contributed by atoms with Crippen LogP contribution in [0.4, 0.5) is 0 Å². The highest BCUT2D eigenvalue weighted by atomic mass is 27.2. The molecule has 0 radical (unpaired) electrons. The van der Waals surface area contributed by atoms with Gasteiger partial charge in [0.15, 0.2) is 0 Å². The summed E-state index contributed by atoms with van der Waals surface area (Å²) in [4.78, 5) is 9.69. The van der Waals surface area contributed by atoms with Crippen LogP contribution in [-0.2, 0) is 10.8 Å². The maximum atomic E-state index is 6.36. The Morgan fingerprint density at radius 1 is 0.758 bits per heavy atom. The van der Waals surface area contributed by atoms with Crippen molar-refractivity contribution in [1.29, 1.82) is 0 Å². The molecule has 1 aliphatic heterocycles. The van der Waals surface area contributed by atoms with Crippen LogP contribution in [0.15, 0.2) is 34.3 Å². The third-order valence-electron chi connectivity index (χ3n) is 6.01. The van der Waals surface area contributed by atoms with Crippen LogP contribution in [0.1, 0.15) is 88.8 Å². The van der Waals surface area contributed by atoms with Crippen LogP contribution >= 0.6 is 0 Å². The van der Waals surface area contributed by atoms with Crippen molar-refractivity contribution in [2.45, 2.75) is 85.6 Å². The molecule has 1 aliphatic rings. The topological polar surface area (TPSA) is 43.2 Å². The number of fused-ring (bicyclic) bond motifs is 2. The van der Waals surface area contributed by atoms with E-state index in [0.717, 1.165) is 33.8 Å². The molecule has 3 rings (SSSR count). The number of aliphatic imine (C=N–C) groups is 2. The second-order valence-electron chi connectivity index (χ2n) is 11.9. The Morgan fingerprint density at radius 2 is 1.21 bits per heavy atom. The fourth-order valence-corrected chi connectivity index (χ4v) is 4.94. The van der Waals surface area contributed by atoms with Crippen LogP contribution in [0.25, 0.3) is 0 Å². The van der Waals surface area contributed by atoms with Gasteiger partial charge in [0.2, 0.25) is 0 Å². The molecule has 0 atom stereocenters. The highest BCUT2D eigenvalue weighted by molar-refractivity contribution is 6.21. The first kappa shape index (κ1) is 25.5. The van der Waals surface area contributed by atoms with E-state index in [2.05, 4.69) is 93.5 Å². The lowest BCUT2D eigenvalue weighted by molar-refractivity contribution is 0.453. The molecule has 0 amide bonds. The van der Waals surface area contributed by atoms with Gasteiger partial charge in [-0.15, -0.1) is 0 Å². The molecule has 5 heteroatoms. The summed E-state index contributed by atoms with van der Waals surface area (Å²) in [5, 5.41) is 0. The van der Waals surface area contributed by atoms with Crippen LogP contribution in [0.5, 0.6) is 11.5 Å². The summed E-state index contributed by atoms with van der Waals surface area (Å²) < 4.78 is 12.7. The van der Waals surface area contributed by atoms with E-state index < -0.39 is 15.9 Å². The largest absolute Gasteiger partial charge is 0.832 e. The van der Waals surface area contributed by atoms with E-state index in [-0.39, 0.29) is 16.4 Å². The molecule has 0 N–H and O–H groups in total. The van der Waals surface area contributed by atoms with Crippen molar-refractivity contribution in [2.24, 2.45) is 9.98 Å². The standard InChI is InChI=1S/C28H40N2O2.Al.H/c1-18-11-22(26(3,4)5)13-20(24(18)31)15-29-17-28(9,10)30-16-21-14-23(27(6,7)8)12-19(2)25(21)32;;/h11-16,31-32H,17H2,1-10H3;;/q;+2;/p-2. The lowest BCUT2D eigenvalue weighted by Gasteiger charge is -2.24. The minimum Gasteiger partial charge on any atom is -0.614 e. The maximum Gasteiger partial charge on any atom is 0.832 e. The van der Waals surface area contributed by atoms with E-state index in [1.807, 2.05) is 12.4 Å². The minimum absolute atomic E-state index is 0.0450. The lowest BCUT2D eigenvalue weighted by atomic mass is 9.85. The molecule has 0 fully saturated rings. The summed E-state index contributed by atoms with van der Waals surface area (Å²) in [6.07, 6.45) is 3.90. The second kappa shape index (κ2) is 9.28. The van der Waals surface area contributed by atoms with Crippen molar-refractivity contribution in [3.05, 3.63) is 57.6 Å². The van der Waals surface area contributed by atoms with Gasteiger partial charge in [0.25, 0.3) is 0 Å². The molecular weight excluding hydrogens is 423 g/mol. The van der Waals surface area contributed by atoms with Gasteiger partial charge in [-0.2, -0.15) is 0 Å². The van der Waals surface area contributed by atoms with Gasteiger partial charge in [-0.1, -0.05) is 53.7 Å². The van der Waals surface area contributed by atoms with Crippen LogP contribution in [-0.4, -0.2) is 40.4 Å². The number of aryl methyl sites for hydroxylation is 2. The van der Waals surface area contributed by atoms with E-state index in [4.69, 9.17) is 17.6 Å². The normalized spacial score (nSPS) is 16.2. The quantitative estimate of drug-likeness (QED) is 0.434. The Kier molecular flexibility index (Phi) is 7.18. The van der Waals surface area contributed by atoms with Crippen molar-refractivity contribution >= 4 is 28.3 Å². The van der Waals surface area contributed by atoms with Gasteiger partial charge in [-0.3, -0.25) is 9.98 Å². The van der Waals surface area contributed by atoms with Gasteiger partial charge in [-0.25, -0.2) is 0 Å². The molecule has 0 saturated carbocycles. The third kappa shape index (κ3) is 6.28. The Hall–Kier alpha value is -2.09. The molecule has 0 spiro atoms. The monoisotopic (exact) mass is 462 g/mol. The van der Waals surface area contributed by atoms with Gasteiger partial charge in [0, 0.05) is 23.6 Å². The van der Waals surface area contributed by atoms with Crippen LogP contribution in [0.2, 0.25) is 0 Å². The van der Waals surface area contributed by atoms with Crippen molar-refractivity contribution in [1.82, 2.24) is 0 Å². The molecule has 1 heterocycles. The first-order valence-electron chi connectivity index (χ1n) is 11.8. The predicted octanol–water partition coefficient (Wildman–Crippen LogP) is 6.25. The fourth-order valence-electron chi connectivity index (χ4n) is 3.85. The van der Waals surface area contributed by atoms with E-state index >= 15 is 0 Å². The number of rotatable bonds is 0. The van der Waals surface area contributed by atoms with Crippen molar-refractivity contribution in [3.8, 4) is 11.5 Å². The average Bonchev–Trinajstić information content (AvgIpc) is 2.68. The minimum atomic E-state index is -1.33. The predicted molar refractivity (Wildman–Crippen MR) is 142 cm³/mol. The first-order valence-corrected chi connectivity index (χ1v) is 12.9. The number of benzene rings is 2. The van der Waals surface area contributed by atoms with Gasteiger partial charge in [-0.05, 0) is 72.9 Å². The van der Waals surface area contributed by atoms with Crippen molar-refractivity contribution in [3.63, 3.8) is 0 Å². The van der Waals surface area contributed by atoms with Gasteiger partial charge in [0.1, 0.15) is 0 Å². The Labute approximate surface area is 206 Å². The zero-order valence-corrected chi connectivity index (χ0v) is 23.5. The number of hydrogen-bond acceptors (Lipinski definition) is 4. The summed E-state index contributed by atoms with van der Waals surface area (Å²) in [6, 6.07) is 8.85. The summed E-state index contributed by atoms with van der Waals surface area (Å²) in [5.41, 5.74) is 6.55. The lowest BCUT2D eigenvalue weighted by Crippen LogP contribution is -2.21. The molecule has 2 aromatic carbocycles. The van der Waals surface area contributed by atoms with E-state index in [9.17, 15) is 0 Å². The van der Waals surface area contributed by atoms with Crippen LogP contribution in [0.3, 0.4) is 0 Å². The summed E-state index contributed by atoms with van der Waals surface area (Å²) in [7, 11) is 0. The first-order chi connectivity index (χ1) is 15.2. The van der Waals surface area contributed by atoms with Gasteiger partial charge < -0.3 is 7.58 Å². The SMILES string of the molecule is Cc1cc(C(C)(C)C)cc2c1[O][AlH][O]c1c(C)cc(C(C)(C)C)cc1C=NC(C)(C)CN=C2. The van der Waals surface area contributed by atoms with Gasteiger partial charge in [0.05, 0.1) is 23.6 Å². The molecular formula is C28H39AlN2O2. The molecule has 33 heavy (non-hydrogen) atoms. The molecule has 4 nitrogen and oxygen atoms in total. The molecule has 0 aliphatic carbocycles. The van der Waals surface area contributed by atoms with Crippen LogP contribution < -0.4 is 7.58 Å². The molecule has 0 bridgehead atoms. The number of nitrogens with zero attached hydrogens (tertiary/aromatic N) is 2. The average molecular weight is 463 g/mol. The number of hydrogen-bond donors (Lipinski definition) is 0. The molecule has 176 valence electrons. The molecule has 2 aromatic rings. The molecule has 0 unspecified atom stereocenters. The Balaban J connectivity index is 2.10. The zero-order chi connectivity index (χ0) is 24.6. The maximum absolute atomic E-state index is 6.36. The van der Waals surface area contributed by atoms with Crippen molar-refractivity contribution in [2.75, 3.05) is 6.54 Å². The van der Waals surface area contributed by atoms with Gasteiger partial charge >= 0.3 is 15.9 Å². The summed E-state index contributed by atoms with van der Waals surface area (Å²) >= 11 is -1.33. The highest BCUT2D eigenvalue weighted by Crippen LogP contribution is 2.33. The smallest absolute Gasteiger partial charge is 0.614 e. The molecule has 0 aromatic heterocycles. The van der Waals surface area contributed by atoms with E-state index in [1.54, 1.807) is 0 Å². The van der Waals surface area contributed by atoms with E-state index in [0.29, 0.717) is 6.54 Å².